The quantitative estimate of drug-likeness (QED) is 0.350. The molecule has 8 heteroatoms. The number of nitrogens with zero attached hydrogens (tertiary/aromatic N) is 2. The molecule has 0 fully saturated rings. The minimum atomic E-state index is -0.689. The molecule has 0 radical (unpaired) electrons. The second-order valence-electron chi connectivity index (χ2n) is 9.31. The molecule has 1 N–H and O–H groups in total. The van der Waals surface area contributed by atoms with Gasteiger partial charge in [-0.2, -0.15) is 0 Å². The zero-order valence-electron chi connectivity index (χ0n) is 21.2. The molecule has 4 rings (SSSR count). The average Bonchev–Trinajstić information content (AvgIpc) is 3.38. The molecule has 6 nitrogen and oxygen atoms in total. The molecule has 0 aliphatic carbocycles. The van der Waals surface area contributed by atoms with Crippen molar-refractivity contribution in [3.8, 4) is 5.75 Å². The third kappa shape index (κ3) is 7.85. The van der Waals surface area contributed by atoms with E-state index in [-0.39, 0.29) is 30.9 Å². The second-order valence-corrected chi connectivity index (χ2v) is 10.3. The number of hydrogen-bond acceptors (Lipinski definition) is 6. The lowest BCUT2D eigenvalue weighted by Gasteiger charge is -2.37. The normalized spacial score (nSPS) is 16.0. The Morgan fingerprint density at radius 1 is 1.19 bits per heavy atom. The molecule has 2 heterocycles. The van der Waals surface area contributed by atoms with E-state index < -0.39 is 6.10 Å². The predicted molar refractivity (Wildman–Crippen MR) is 143 cm³/mol. The lowest BCUT2D eigenvalue weighted by atomic mass is 10.0. The van der Waals surface area contributed by atoms with Gasteiger partial charge in [-0.25, -0.2) is 4.39 Å². The minimum Gasteiger partial charge on any atom is -0.491 e. The van der Waals surface area contributed by atoms with Crippen molar-refractivity contribution in [2.24, 2.45) is 0 Å². The summed E-state index contributed by atoms with van der Waals surface area (Å²) in [5.74, 6) is 0.267. The molecule has 0 saturated heterocycles. The molecule has 1 aliphatic rings. The van der Waals surface area contributed by atoms with E-state index in [2.05, 4.69) is 18.4 Å². The summed E-state index contributed by atoms with van der Waals surface area (Å²) in [6.07, 6.45) is 0.997. The van der Waals surface area contributed by atoms with Crippen LogP contribution in [0.25, 0.3) is 0 Å². The van der Waals surface area contributed by atoms with Crippen molar-refractivity contribution in [2.75, 3.05) is 39.4 Å². The smallest absolute Gasteiger partial charge is 0.237 e. The van der Waals surface area contributed by atoms with Crippen LogP contribution in [0.5, 0.6) is 5.75 Å². The number of benzene rings is 2. The minimum absolute atomic E-state index is 0.00964. The van der Waals surface area contributed by atoms with Crippen molar-refractivity contribution in [1.29, 1.82) is 0 Å². The number of fused-ring (bicyclic) bond motifs is 1. The zero-order valence-corrected chi connectivity index (χ0v) is 22.0. The van der Waals surface area contributed by atoms with Gasteiger partial charge < -0.3 is 19.5 Å². The summed E-state index contributed by atoms with van der Waals surface area (Å²) < 4.78 is 25.0. The summed E-state index contributed by atoms with van der Waals surface area (Å²) in [6.45, 7) is 4.91. The van der Waals surface area contributed by atoms with Crippen LogP contribution >= 0.6 is 11.3 Å². The van der Waals surface area contributed by atoms with Crippen molar-refractivity contribution < 1.29 is 23.8 Å². The van der Waals surface area contributed by atoms with E-state index in [1.807, 2.05) is 40.1 Å². The summed E-state index contributed by atoms with van der Waals surface area (Å²) in [5.41, 5.74) is 2.17. The van der Waals surface area contributed by atoms with Crippen LogP contribution in [0.2, 0.25) is 0 Å². The molecular formula is C29H35FN2O4S. The number of rotatable bonds is 13. The predicted octanol–water partition coefficient (Wildman–Crippen LogP) is 4.68. The molecule has 1 aromatic heterocycles. The summed E-state index contributed by atoms with van der Waals surface area (Å²) in [5, 5.41) is 12.6. The van der Waals surface area contributed by atoms with E-state index in [0.29, 0.717) is 38.6 Å². The third-order valence-corrected chi connectivity index (χ3v) is 7.42. The molecule has 1 amide bonds. The standard InChI is InChI=1S/C29H35FN2O4S/c1-2-14-31(17-24(33)20-35-19-22-6-4-3-5-7-22)18-29(34)32-15-12-28-26(13-16-37-28)27(32)21-36-25-10-8-23(30)9-11-25/h3-11,13,16,24,27,33H,2,12,14-15,17-21H2,1H3/t24-,27+/m1/s1. The Bertz CT molecular complexity index is 1110. The highest BCUT2D eigenvalue weighted by Gasteiger charge is 2.33. The first-order valence-electron chi connectivity index (χ1n) is 12.8. The molecule has 3 aromatic rings. The SMILES string of the molecule is CCCN(CC(=O)N1CCc2sccc2[C@@H]1COc1ccc(F)cc1)C[C@@H](O)COCc1ccccc1. The van der Waals surface area contributed by atoms with E-state index >= 15 is 0 Å². The van der Waals surface area contributed by atoms with Crippen LogP contribution in [0.1, 0.15) is 35.4 Å². The number of aliphatic hydroxyl groups is 1. The van der Waals surface area contributed by atoms with Gasteiger partial charge in [0.25, 0.3) is 0 Å². The molecule has 37 heavy (non-hydrogen) atoms. The van der Waals surface area contributed by atoms with Gasteiger partial charge in [0.2, 0.25) is 5.91 Å². The first-order chi connectivity index (χ1) is 18.0. The van der Waals surface area contributed by atoms with Gasteiger partial charge in [0.15, 0.2) is 0 Å². The number of halogens is 1. The Kier molecular flexibility index (Phi) is 10.1. The van der Waals surface area contributed by atoms with Crippen LogP contribution in [0, 0.1) is 5.82 Å². The molecular weight excluding hydrogens is 491 g/mol. The highest BCUT2D eigenvalue weighted by atomic mass is 32.1. The van der Waals surface area contributed by atoms with E-state index in [4.69, 9.17) is 9.47 Å². The molecule has 0 spiro atoms. The summed E-state index contributed by atoms with van der Waals surface area (Å²) in [4.78, 5) is 18.7. The number of hydrogen-bond donors (Lipinski definition) is 1. The van der Waals surface area contributed by atoms with Gasteiger partial charge in [0, 0.05) is 18.0 Å². The molecule has 0 unspecified atom stereocenters. The van der Waals surface area contributed by atoms with Crippen LogP contribution in [0.4, 0.5) is 4.39 Å². The highest BCUT2D eigenvalue weighted by Crippen LogP contribution is 2.34. The average molecular weight is 527 g/mol. The Hall–Kier alpha value is -2.78. The number of thiophene rings is 1. The lowest BCUT2D eigenvalue weighted by Crippen LogP contribution is -2.48. The van der Waals surface area contributed by atoms with Crippen LogP contribution in [-0.4, -0.2) is 66.3 Å². The van der Waals surface area contributed by atoms with Crippen molar-refractivity contribution in [3.63, 3.8) is 0 Å². The van der Waals surface area contributed by atoms with Crippen molar-refractivity contribution in [2.45, 2.75) is 38.5 Å². The van der Waals surface area contributed by atoms with Crippen LogP contribution in [0.15, 0.2) is 66.0 Å². The summed E-state index contributed by atoms with van der Waals surface area (Å²) in [6, 6.07) is 17.6. The van der Waals surface area contributed by atoms with Gasteiger partial charge in [-0.15, -0.1) is 11.3 Å². The van der Waals surface area contributed by atoms with E-state index in [1.54, 1.807) is 23.5 Å². The molecule has 2 aromatic carbocycles. The first kappa shape index (κ1) is 27.3. The van der Waals surface area contributed by atoms with Crippen molar-refractivity contribution >= 4 is 17.2 Å². The fraction of sp³-hybridized carbons (Fsp3) is 0.414. The fourth-order valence-electron chi connectivity index (χ4n) is 4.65. The second kappa shape index (κ2) is 13.7. The maximum atomic E-state index is 13.5. The molecule has 0 bridgehead atoms. The Labute approximate surface area is 222 Å². The van der Waals surface area contributed by atoms with Gasteiger partial charge >= 0.3 is 0 Å². The van der Waals surface area contributed by atoms with E-state index in [1.165, 1.54) is 17.0 Å². The topological polar surface area (TPSA) is 62.2 Å². The van der Waals surface area contributed by atoms with E-state index in [9.17, 15) is 14.3 Å². The fourth-order valence-corrected chi connectivity index (χ4v) is 5.58. The van der Waals surface area contributed by atoms with Gasteiger partial charge in [-0.1, -0.05) is 37.3 Å². The monoisotopic (exact) mass is 526 g/mol. The lowest BCUT2D eigenvalue weighted by molar-refractivity contribution is -0.136. The Morgan fingerprint density at radius 2 is 1.97 bits per heavy atom. The van der Waals surface area contributed by atoms with E-state index in [0.717, 1.165) is 24.0 Å². The maximum absolute atomic E-state index is 13.5. The summed E-state index contributed by atoms with van der Waals surface area (Å²) >= 11 is 1.70. The molecule has 2 atom stereocenters. The highest BCUT2D eigenvalue weighted by molar-refractivity contribution is 7.10. The van der Waals surface area contributed by atoms with Crippen LogP contribution < -0.4 is 4.74 Å². The maximum Gasteiger partial charge on any atom is 0.237 e. The number of amides is 1. The van der Waals surface area contributed by atoms with Crippen molar-refractivity contribution in [1.82, 2.24) is 9.80 Å². The third-order valence-electron chi connectivity index (χ3n) is 6.43. The zero-order chi connectivity index (χ0) is 26.0. The number of ether oxygens (including phenoxy) is 2. The van der Waals surface area contributed by atoms with Crippen LogP contribution in [0.3, 0.4) is 0 Å². The molecule has 1 aliphatic heterocycles. The Balaban J connectivity index is 1.35. The van der Waals surface area contributed by atoms with Gasteiger partial charge in [-0.05, 0) is 66.2 Å². The number of aliphatic hydroxyl groups excluding tert-OH is 1. The largest absolute Gasteiger partial charge is 0.491 e. The first-order valence-corrected chi connectivity index (χ1v) is 13.7. The molecule has 198 valence electrons. The van der Waals surface area contributed by atoms with Gasteiger partial charge in [0.1, 0.15) is 18.2 Å². The number of carbonyl (C=O) groups excluding carboxylic acids is 1. The van der Waals surface area contributed by atoms with Gasteiger partial charge in [0.05, 0.1) is 31.9 Å². The molecule has 0 saturated carbocycles. The summed E-state index contributed by atoms with van der Waals surface area (Å²) in [7, 11) is 0. The van der Waals surface area contributed by atoms with Crippen LogP contribution in [-0.2, 0) is 22.6 Å². The Morgan fingerprint density at radius 3 is 2.73 bits per heavy atom. The van der Waals surface area contributed by atoms with Gasteiger partial charge in [-0.3, -0.25) is 9.69 Å². The van der Waals surface area contributed by atoms with Crippen molar-refractivity contribution in [3.05, 3.63) is 87.9 Å². The number of carbonyl (C=O) groups is 1.